The Morgan fingerprint density at radius 1 is 1.30 bits per heavy atom. The van der Waals surface area contributed by atoms with Gasteiger partial charge in [-0.15, -0.1) is 0 Å². The van der Waals surface area contributed by atoms with Crippen LogP contribution >= 0.6 is 11.8 Å². The lowest BCUT2D eigenvalue weighted by Gasteiger charge is -2.23. The fourth-order valence-corrected chi connectivity index (χ4v) is 4.20. The zero-order valence-electron chi connectivity index (χ0n) is 12.3. The lowest BCUT2D eigenvalue weighted by atomic mass is 10.0. The van der Waals surface area contributed by atoms with Gasteiger partial charge in [0.1, 0.15) is 11.3 Å². The quantitative estimate of drug-likeness (QED) is 0.895. The van der Waals surface area contributed by atoms with Crippen molar-refractivity contribution in [1.82, 2.24) is 5.32 Å². The topological polar surface area (TPSA) is 25.2 Å². The van der Waals surface area contributed by atoms with E-state index in [-0.39, 0.29) is 6.04 Å². The van der Waals surface area contributed by atoms with Gasteiger partial charge in [-0.2, -0.15) is 11.8 Å². The summed E-state index contributed by atoms with van der Waals surface area (Å²) in [5.74, 6) is 4.58. The smallest absolute Gasteiger partial charge is 0.134 e. The highest BCUT2D eigenvalue weighted by Crippen LogP contribution is 2.29. The van der Waals surface area contributed by atoms with Crippen molar-refractivity contribution >= 4 is 22.7 Å². The number of benzene rings is 1. The molecule has 0 amide bonds. The average molecular weight is 289 g/mol. The molecule has 1 unspecified atom stereocenters. The van der Waals surface area contributed by atoms with Gasteiger partial charge in [0.15, 0.2) is 0 Å². The van der Waals surface area contributed by atoms with E-state index < -0.39 is 0 Å². The summed E-state index contributed by atoms with van der Waals surface area (Å²) in [6, 6.07) is 8.59. The molecule has 3 heteroatoms. The molecular formula is C17H23NOS. The van der Waals surface area contributed by atoms with Crippen LogP contribution in [0, 0.1) is 12.8 Å². The Labute approximate surface area is 125 Å². The molecular weight excluding hydrogens is 266 g/mol. The van der Waals surface area contributed by atoms with Crippen molar-refractivity contribution < 1.29 is 4.42 Å². The molecule has 0 bridgehead atoms. The second-order valence-electron chi connectivity index (χ2n) is 5.77. The van der Waals surface area contributed by atoms with Crippen LogP contribution in [0.1, 0.15) is 37.1 Å². The molecule has 108 valence electrons. The maximum Gasteiger partial charge on any atom is 0.134 e. The molecule has 1 fully saturated rings. The van der Waals surface area contributed by atoms with Gasteiger partial charge in [-0.25, -0.2) is 0 Å². The summed E-state index contributed by atoms with van der Waals surface area (Å²) in [7, 11) is 0. The van der Waals surface area contributed by atoms with E-state index in [1.165, 1.54) is 35.3 Å². The van der Waals surface area contributed by atoms with Crippen molar-refractivity contribution in [3.05, 3.63) is 35.6 Å². The Morgan fingerprint density at radius 3 is 2.80 bits per heavy atom. The lowest BCUT2D eigenvalue weighted by molar-refractivity contribution is 0.388. The first kappa shape index (κ1) is 14.0. The highest BCUT2D eigenvalue weighted by Gasteiger charge is 2.18. The van der Waals surface area contributed by atoms with E-state index in [0.29, 0.717) is 0 Å². The van der Waals surface area contributed by atoms with Crippen molar-refractivity contribution in [3.8, 4) is 0 Å². The predicted octanol–water partition coefficient (Wildman–Crippen LogP) is 4.54. The molecule has 2 aromatic rings. The van der Waals surface area contributed by atoms with Crippen LogP contribution in [0.25, 0.3) is 11.0 Å². The number of hydrogen-bond donors (Lipinski definition) is 1. The molecule has 1 aromatic carbocycles. The van der Waals surface area contributed by atoms with Gasteiger partial charge < -0.3 is 9.73 Å². The Hall–Kier alpha value is -0.930. The van der Waals surface area contributed by atoms with Crippen molar-refractivity contribution in [3.63, 3.8) is 0 Å². The summed E-state index contributed by atoms with van der Waals surface area (Å²) in [6.07, 6.45) is 2.70. The molecule has 3 rings (SSSR count). The SMILES string of the molecule is Cc1c(C(C)NCC2CCSCC2)oc2ccccc12. The zero-order valence-corrected chi connectivity index (χ0v) is 13.1. The monoisotopic (exact) mass is 289 g/mol. The van der Waals surface area contributed by atoms with Gasteiger partial charge in [-0.3, -0.25) is 0 Å². The maximum absolute atomic E-state index is 6.03. The third kappa shape index (κ3) is 2.89. The zero-order chi connectivity index (χ0) is 13.9. The van der Waals surface area contributed by atoms with E-state index in [4.69, 9.17) is 4.42 Å². The summed E-state index contributed by atoms with van der Waals surface area (Å²) in [5.41, 5.74) is 2.28. The van der Waals surface area contributed by atoms with Crippen LogP contribution < -0.4 is 5.32 Å². The summed E-state index contributed by atoms with van der Waals surface area (Å²) in [5, 5.41) is 4.91. The molecule has 1 aliphatic heterocycles. The Bertz CT molecular complexity index is 571. The molecule has 0 spiro atoms. The number of para-hydroxylation sites is 1. The van der Waals surface area contributed by atoms with E-state index in [2.05, 4.69) is 49.1 Å². The highest BCUT2D eigenvalue weighted by molar-refractivity contribution is 7.99. The fraction of sp³-hybridized carbons (Fsp3) is 0.529. The van der Waals surface area contributed by atoms with Gasteiger partial charge in [0, 0.05) is 5.39 Å². The first-order chi connectivity index (χ1) is 9.75. The van der Waals surface area contributed by atoms with Crippen LogP contribution in [0.5, 0.6) is 0 Å². The summed E-state index contributed by atoms with van der Waals surface area (Å²) in [4.78, 5) is 0. The molecule has 0 aliphatic carbocycles. The molecule has 1 aliphatic rings. The summed E-state index contributed by atoms with van der Waals surface area (Å²) >= 11 is 2.09. The van der Waals surface area contributed by atoms with Crippen LogP contribution in [-0.4, -0.2) is 18.1 Å². The third-order valence-corrected chi connectivity index (χ3v) is 5.38. The number of rotatable bonds is 4. The van der Waals surface area contributed by atoms with E-state index in [1.54, 1.807) is 0 Å². The van der Waals surface area contributed by atoms with Crippen LogP contribution in [-0.2, 0) is 0 Å². The minimum absolute atomic E-state index is 0.289. The van der Waals surface area contributed by atoms with E-state index >= 15 is 0 Å². The molecule has 20 heavy (non-hydrogen) atoms. The molecule has 1 atom stereocenters. The van der Waals surface area contributed by atoms with Gasteiger partial charge in [0.05, 0.1) is 6.04 Å². The van der Waals surface area contributed by atoms with Crippen molar-refractivity contribution in [2.75, 3.05) is 18.1 Å². The fourth-order valence-electron chi connectivity index (χ4n) is 2.99. The second kappa shape index (κ2) is 6.23. The molecule has 0 radical (unpaired) electrons. The average Bonchev–Trinajstić information content (AvgIpc) is 2.84. The first-order valence-corrected chi connectivity index (χ1v) is 8.70. The number of nitrogens with one attached hydrogen (secondary N) is 1. The number of thioether (sulfide) groups is 1. The van der Waals surface area contributed by atoms with E-state index in [1.807, 2.05) is 6.07 Å². The summed E-state index contributed by atoms with van der Waals surface area (Å²) < 4.78 is 6.03. The van der Waals surface area contributed by atoms with Gasteiger partial charge in [-0.1, -0.05) is 18.2 Å². The summed E-state index contributed by atoms with van der Waals surface area (Å²) in [6.45, 7) is 5.48. The molecule has 2 heterocycles. The minimum Gasteiger partial charge on any atom is -0.459 e. The Balaban J connectivity index is 1.68. The maximum atomic E-state index is 6.03. The van der Waals surface area contributed by atoms with Crippen molar-refractivity contribution in [2.24, 2.45) is 5.92 Å². The highest BCUT2D eigenvalue weighted by atomic mass is 32.2. The Morgan fingerprint density at radius 2 is 2.05 bits per heavy atom. The standard InChI is InChI=1S/C17H23NOS/c1-12-15-5-3-4-6-16(15)19-17(12)13(2)18-11-14-7-9-20-10-8-14/h3-6,13-14,18H,7-11H2,1-2H3. The van der Waals surface area contributed by atoms with Crippen LogP contribution in [0.2, 0.25) is 0 Å². The number of hydrogen-bond acceptors (Lipinski definition) is 3. The Kier molecular flexibility index (Phi) is 4.37. The minimum atomic E-state index is 0.289. The van der Waals surface area contributed by atoms with Crippen LogP contribution in [0.15, 0.2) is 28.7 Å². The predicted molar refractivity (Wildman–Crippen MR) is 87.4 cm³/mol. The van der Waals surface area contributed by atoms with Gasteiger partial charge >= 0.3 is 0 Å². The molecule has 2 nitrogen and oxygen atoms in total. The molecule has 0 saturated carbocycles. The van der Waals surface area contributed by atoms with Crippen molar-refractivity contribution in [1.29, 1.82) is 0 Å². The molecule has 1 aromatic heterocycles. The third-order valence-electron chi connectivity index (χ3n) is 4.33. The van der Waals surface area contributed by atoms with E-state index in [9.17, 15) is 0 Å². The van der Waals surface area contributed by atoms with Crippen LogP contribution in [0.4, 0.5) is 0 Å². The van der Waals surface area contributed by atoms with E-state index in [0.717, 1.165) is 23.8 Å². The number of furan rings is 1. The molecule has 1 saturated heterocycles. The van der Waals surface area contributed by atoms with Crippen LogP contribution in [0.3, 0.4) is 0 Å². The second-order valence-corrected chi connectivity index (χ2v) is 7.00. The molecule has 1 N–H and O–H groups in total. The number of fused-ring (bicyclic) bond motifs is 1. The van der Waals surface area contributed by atoms with Gasteiger partial charge in [0.25, 0.3) is 0 Å². The largest absolute Gasteiger partial charge is 0.459 e. The normalized spacial score (nSPS) is 18.5. The van der Waals surface area contributed by atoms with Gasteiger partial charge in [-0.05, 0) is 62.3 Å². The number of aryl methyl sites for hydroxylation is 1. The lowest BCUT2D eigenvalue weighted by Crippen LogP contribution is -2.28. The van der Waals surface area contributed by atoms with Gasteiger partial charge in [0.2, 0.25) is 0 Å². The van der Waals surface area contributed by atoms with Crippen molar-refractivity contribution in [2.45, 2.75) is 32.7 Å². The first-order valence-electron chi connectivity index (χ1n) is 7.55.